The average molecular weight is 497 g/mol. The number of ether oxygens (including phenoxy) is 1. The first kappa shape index (κ1) is 27.6. The van der Waals surface area contributed by atoms with E-state index >= 15 is 0 Å². The molecule has 11 heteroatoms. The number of nitrogens with one attached hydrogen (secondary N) is 2. The van der Waals surface area contributed by atoms with Gasteiger partial charge in [-0.3, -0.25) is 9.59 Å². The SMILES string of the molecule is CCOC(=O)c1c(C=CC(=O)Nc2cc(C(=O)NCC(F)(F)F)cc(F)c2C)c(C)n(CC)c1C. The number of alkyl halides is 3. The van der Waals surface area contributed by atoms with E-state index in [0.717, 1.165) is 23.9 Å². The Morgan fingerprint density at radius 1 is 1.09 bits per heavy atom. The van der Waals surface area contributed by atoms with Crippen LogP contribution in [0.15, 0.2) is 18.2 Å². The molecule has 0 aliphatic rings. The van der Waals surface area contributed by atoms with E-state index in [4.69, 9.17) is 4.74 Å². The molecule has 0 unspecified atom stereocenters. The van der Waals surface area contributed by atoms with Crippen molar-refractivity contribution in [3.8, 4) is 0 Å². The van der Waals surface area contributed by atoms with Crippen molar-refractivity contribution in [1.29, 1.82) is 0 Å². The minimum atomic E-state index is -4.63. The van der Waals surface area contributed by atoms with Gasteiger partial charge >= 0.3 is 12.1 Å². The highest BCUT2D eigenvalue weighted by molar-refractivity contribution is 6.05. The maximum Gasteiger partial charge on any atom is 0.405 e. The molecule has 0 spiro atoms. The van der Waals surface area contributed by atoms with E-state index in [-0.39, 0.29) is 23.4 Å². The third kappa shape index (κ3) is 6.71. The molecule has 2 aromatic rings. The highest BCUT2D eigenvalue weighted by Gasteiger charge is 2.28. The van der Waals surface area contributed by atoms with Crippen LogP contribution in [0, 0.1) is 26.6 Å². The summed E-state index contributed by atoms with van der Waals surface area (Å²) in [4.78, 5) is 37.1. The van der Waals surface area contributed by atoms with E-state index in [0.29, 0.717) is 23.4 Å². The van der Waals surface area contributed by atoms with Gasteiger partial charge in [0.1, 0.15) is 12.4 Å². The molecule has 0 bridgehead atoms. The number of amides is 2. The fourth-order valence-electron chi connectivity index (χ4n) is 3.60. The van der Waals surface area contributed by atoms with Crippen molar-refractivity contribution in [3.63, 3.8) is 0 Å². The van der Waals surface area contributed by atoms with Crippen LogP contribution in [0.3, 0.4) is 0 Å². The van der Waals surface area contributed by atoms with E-state index in [1.807, 2.05) is 11.5 Å². The molecular formula is C24H27F4N3O4. The molecule has 190 valence electrons. The first-order chi connectivity index (χ1) is 16.3. The predicted octanol–water partition coefficient (Wildman–Crippen LogP) is 4.69. The summed E-state index contributed by atoms with van der Waals surface area (Å²) in [7, 11) is 0. The number of anilines is 1. The Bertz CT molecular complexity index is 1170. The van der Waals surface area contributed by atoms with Crippen LogP contribution in [-0.4, -0.2) is 41.7 Å². The summed E-state index contributed by atoms with van der Waals surface area (Å²) in [6, 6.07) is 1.88. The average Bonchev–Trinajstić information content (AvgIpc) is 3.01. The van der Waals surface area contributed by atoms with Crippen LogP contribution in [0.5, 0.6) is 0 Å². The van der Waals surface area contributed by atoms with Gasteiger partial charge in [-0.1, -0.05) is 0 Å². The highest BCUT2D eigenvalue weighted by atomic mass is 19.4. The van der Waals surface area contributed by atoms with Gasteiger partial charge in [0.05, 0.1) is 12.2 Å². The zero-order valence-corrected chi connectivity index (χ0v) is 20.0. The highest BCUT2D eigenvalue weighted by Crippen LogP contribution is 2.26. The molecule has 2 rings (SSSR count). The first-order valence-electron chi connectivity index (χ1n) is 10.8. The number of rotatable bonds is 8. The first-order valence-corrected chi connectivity index (χ1v) is 10.8. The zero-order valence-electron chi connectivity index (χ0n) is 20.0. The van der Waals surface area contributed by atoms with Gasteiger partial charge in [-0.25, -0.2) is 9.18 Å². The summed E-state index contributed by atoms with van der Waals surface area (Å²) < 4.78 is 58.4. The van der Waals surface area contributed by atoms with Crippen molar-refractivity contribution in [1.82, 2.24) is 9.88 Å². The van der Waals surface area contributed by atoms with Gasteiger partial charge in [0.2, 0.25) is 5.91 Å². The van der Waals surface area contributed by atoms with E-state index in [9.17, 15) is 31.9 Å². The van der Waals surface area contributed by atoms with Crippen molar-refractivity contribution in [2.75, 3.05) is 18.5 Å². The second-order valence-corrected chi connectivity index (χ2v) is 7.68. The second kappa shape index (κ2) is 11.2. The van der Waals surface area contributed by atoms with E-state index in [2.05, 4.69) is 5.32 Å². The Morgan fingerprint density at radius 3 is 2.31 bits per heavy atom. The molecule has 0 aliphatic carbocycles. The summed E-state index contributed by atoms with van der Waals surface area (Å²) >= 11 is 0. The third-order valence-corrected chi connectivity index (χ3v) is 5.34. The Kier molecular flexibility index (Phi) is 8.83. The van der Waals surface area contributed by atoms with Gasteiger partial charge in [0.15, 0.2) is 0 Å². The Labute approximate surface area is 200 Å². The Balaban J connectivity index is 2.32. The number of halogens is 4. The van der Waals surface area contributed by atoms with Crippen LogP contribution in [0.2, 0.25) is 0 Å². The summed E-state index contributed by atoms with van der Waals surface area (Å²) in [5, 5.41) is 4.08. The lowest BCUT2D eigenvalue weighted by molar-refractivity contribution is -0.123. The minimum Gasteiger partial charge on any atom is -0.462 e. The standard InChI is InChI=1S/C24H27F4N3O4/c1-6-31-14(4)17(21(15(31)5)23(34)35-7-2)8-9-20(32)30-19-11-16(10-18(25)13(19)3)22(33)29-12-24(26,27)28/h8-11H,6-7,12H2,1-5H3,(H,29,33)(H,30,32). The molecule has 35 heavy (non-hydrogen) atoms. The topological polar surface area (TPSA) is 89.4 Å². The van der Waals surface area contributed by atoms with Crippen LogP contribution in [0.4, 0.5) is 23.2 Å². The second-order valence-electron chi connectivity index (χ2n) is 7.68. The lowest BCUT2D eigenvalue weighted by Gasteiger charge is -2.12. The molecule has 0 fully saturated rings. The molecule has 0 atom stereocenters. The van der Waals surface area contributed by atoms with Crippen molar-refractivity contribution in [2.45, 2.75) is 47.3 Å². The molecule has 7 nitrogen and oxygen atoms in total. The van der Waals surface area contributed by atoms with Crippen molar-refractivity contribution >= 4 is 29.5 Å². The van der Waals surface area contributed by atoms with Gasteiger partial charge in [-0.05, 0) is 52.8 Å². The molecule has 0 radical (unpaired) electrons. The number of benzene rings is 1. The molecule has 0 saturated carbocycles. The smallest absolute Gasteiger partial charge is 0.405 e. The van der Waals surface area contributed by atoms with E-state index in [1.165, 1.54) is 13.0 Å². The number of esters is 1. The van der Waals surface area contributed by atoms with E-state index < -0.39 is 36.3 Å². The maximum absolute atomic E-state index is 14.3. The lowest BCUT2D eigenvalue weighted by atomic mass is 10.1. The van der Waals surface area contributed by atoms with Crippen LogP contribution in [0.25, 0.3) is 6.08 Å². The minimum absolute atomic E-state index is 0.00417. The third-order valence-electron chi connectivity index (χ3n) is 5.34. The number of carbonyl (C=O) groups is 3. The van der Waals surface area contributed by atoms with Gasteiger partial charge in [-0.15, -0.1) is 0 Å². The molecule has 2 N–H and O–H groups in total. The monoisotopic (exact) mass is 497 g/mol. The molecule has 1 heterocycles. The molecule has 1 aromatic heterocycles. The largest absolute Gasteiger partial charge is 0.462 e. The summed E-state index contributed by atoms with van der Waals surface area (Å²) in [5.74, 6) is -3.24. The Morgan fingerprint density at radius 2 is 1.74 bits per heavy atom. The molecular weight excluding hydrogens is 470 g/mol. The van der Waals surface area contributed by atoms with Crippen LogP contribution >= 0.6 is 0 Å². The molecule has 1 aromatic carbocycles. The fourth-order valence-corrected chi connectivity index (χ4v) is 3.60. The van der Waals surface area contributed by atoms with Crippen molar-refractivity contribution in [2.24, 2.45) is 0 Å². The lowest BCUT2D eigenvalue weighted by Crippen LogP contribution is -2.33. The number of aromatic nitrogens is 1. The molecule has 0 aliphatic heterocycles. The summed E-state index contributed by atoms with van der Waals surface area (Å²) in [6.07, 6.45) is -2.06. The van der Waals surface area contributed by atoms with Crippen LogP contribution in [0.1, 0.15) is 57.1 Å². The van der Waals surface area contributed by atoms with Crippen molar-refractivity contribution in [3.05, 3.63) is 57.7 Å². The number of hydrogen-bond donors (Lipinski definition) is 2. The van der Waals surface area contributed by atoms with Gasteiger partial charge in [0, 0.05) is 46.4 Å². The van der Waals surface area contributed by atoms with Gasteiger partial charge in [0.25, 0.3) is 5.91 Å². The normalized spacial score (nSPS) is 11.6. The van der Waals surface area contributed by atoms with Crippen LogP contribution in [-0.2, 0) is 16.1 Å². The summed E-state index contributed by atoms with van der Waals surface area (Å²) in [5.41, 5.74) is 1.76. The van der Waals surface area contributed by atoms with Gasteiger partial charge in [-0.2, -0.15) is 13.2 Å². The fraction of sp³-hybridized carbons (Fsp3) is 0.375. The number of nitrogens with zero attached hydrogens (tertiary/aromatic N) is 1. The zero-order chi connectivity index (χ0) is 26.5. The number of carbonyl (C=O) groups excluding carboxylic acids is 3. The van der Waals surface area contributed by atoms with Crippen molar-refractivity contribution < 1.29 is 36.7 Å². The quantitative estimate of drug-likeness (QED) is 0.315. The van der Waals surface area contributed by atoms with Gasteiger partial charge < -0.3 is 19.9 Å². The summed E-state index contributed by atoms with van der Waals surface area (Å²) in [6.45, 7) is 7.68. The Hall–Kier alpha value is -3.63. The maximum atomic E-state index is 14.3. The number of hydrogen-bond acceptors (Lipinski definition) is 4. The predicted molar refractivity (Wildman–Crippen MR) is 123 cm³/mol. The van der Waals surface area contributed by atoms with Crippen LogP contribution < -0.4 is 10.6 Å². The molecule has 2 amide bonds. The van der Waals surface area contributed by atoms with E-state index in [1.54, 1.807) is 26.1 Å². The molecule has 0 saturated heterocycles.